The number of esters is 1. The summed E-state index contributed by atoms with van der Waals surface area (Å²) in [6.45, 7) is 3.97. The second kappa shape index (κ2) is 9.62. The van der Waals surface area contributed by atoms with E-state index in [0.717, 1.165) is 27.9 Å². The number of aryl methyl sites for hydroxylation is 3. The Labute approximate surface area is 213 Å². The first kappa shape index (κ1) is 23.8. The van der Waals surface area contributed by atoms with E-state index in [-0.39, 0.29) is 5.97 Å². The molecule has 0 bridgehead atoms. The van der Waals surface area contributed by atoms with Gasteiger partial charge in [-0.25, -0.2) is 9.78 Å². The number of nitrogens with zero attached hydrogens (tertiary/aromatic N) is 4. The number of nitrogens with two attached hydrogens (primary N) is 1. The summed E-state index contributed by atoms with van der Waals surface area (Å²) in [5.41, 5.74) is 12.8. The van der Waals surface area contributed by atoms with Crippen LogP contribution >= 0.6 is 0 Å². The summed E-state index contributed by atoms with van der Waals surface area (Å²) >= 11 is 0. The van der Waals surface area contributed by atoms with Crippen LogP contribution < -0.4 is 15.8 Å². The molecule has 37 heavy (non-hydrogen) atoms. The first-order chi connectivity index (χ1) is 17.8. The van der Waals surface area contributed by atoms with Gasteiger partial charge in [0, 0.05) is 18.4 Å². The van der Waals surface area contributed by atoms with Crippen molar-refractivity contribution in [2.45, 2.75) is 13.8 Å². The number of benzene rings is 3. The van der Waals surface area contributed by atoms with E-state index >= 15 is 0 Å². The average Bonchev–Trinajstić information content (AvgIpc) is 3.27. The Kier molecular flexibility index (Phi) is 6.19. The molecule has 9 heteroatoms. The molecule has 2 aromatic heterocycles. The van der Waals surface area contributed by atoms with Gasteiger partial charge >= 0.3 is 5.97 Å². The lowest BCUT2D eigenvalue weighted by atomic mass is 9.99. The number of imidazole rings is 1. The monoisotopic (exact) mass is 494 g/mol. The van der Waals surface area contributed by atoms with Crippen molar-refractivity contribution in [1.29, 1.82) is 0 Å². The third-order valence-corrected chi connectivity index (χ3v) is 5.99. The maximum Gasteiger partial charge on any atom is 0.337 e. The van der Waals surface area contributed by atoms with Crippen molar-refractivity contribution in [3.63, 3.8) is 0 Å². The molecule has 0 aliphatic carbocycles. The first-order valence-corrected chi connectivity index (χ1v) is 11.6. The fraction of sp³-hybridized carbons (Fsp3) is 0.143. The second-order valence-corrected chi connectivity index (χ2v) is 8.74. The van der Waals surface area contributed by atoms with Crippen LogP contribution in [-0.4, -0.2) is 32.6 Å². The minimum Gasteiger partial charge on any atom is -0.465 e. The predicted octanol–water partition coefficient (Wildman–Crippen LogP) is 5.55. The highest BCUT2D eigenvalue weighted by Crippen LogP contribution is 2.35. The number of rotatable bonds is 6. The van der Waals surface area contributed by atoms with E-state index < -0.39 is 0 Å². The zero-order valence-corrected chi connectivity index (χ0v) is 20.9. The summed E-state index contributed by atoms with van der Waals surface area (Å²) < 4.78 is 13.0. The lowest BCUT2D eigenvalue weighted by Gasteiger charge is -2.15. The molecule has 0 fully saturated rings. The highest BCUT2D eigenvalue weighted by Gasteiger charge is 2.17. The maximum absolute atomic E-state index is 11.8. The number of nitrogens with one attached hydrogen (secondary N) is 1. The van der Waals surface area contributed by atoms with Gasteiger partial charge in [-0.15, -0.1) is 0 Å². The third kappa shape index (κ3) is 4.79. The Morgan fingerprint density at radius 2 is 1.62 bits per heavy atom. The summed E-state index contributed by atoms with van der Waals surface area (Å²) in [6.07, 6.45) is 1.68. The van der Waals surface area contributed by atoms with Crippen LogP contribution in [0.25, 0.3) is 22.3 Å². The van der Waals surface area contributed by atoms with E-state index in [4.69, 9.17) is 15.2 Å². The molecule has 5 rings (SSSR count). The zero-order chi connectivity index (χ0) is 26.1. The van der Waals surface area contributed by atoms with Crippen molar-refractivity contribution >= 4 is 34.5 Å². The minimum atomic E-state index is -0.362. The van der Waals surface area contributed by atoms with Crippen molar-refractivity contribution < 1.29 is 14.3 Å². The Hall–Kier alpha value is -4.92. The number of ether oxygens (including phenoxy) is 2. The molecular formula is C28H26N6O3. The van der Waals surface area contributed by atoms with Gasteiger partial charge in [-0.1, -0.05) is 12.1 Å². The molecule has 0 aliphatic rings. The maximum atomic E-state index is 11.8. The second-order valence-electron chi connectivity index (χ2n) is 8.74. The van der Waals surface area contributed by atoms with Crippen LogP contribution in [0.2, 0.25) is 0 Å². The number of anilines is 3. The standard InChI is InChI=1S/C28H26N6O3/c1-16-13-20(18-5-7-19(8-6-18)27(35)36-4)14-17(2)24(16)37-26-23-25(34(3)15-30-23)32-28(33-26)31-22-11-9-21(29)10-12-22/h5-15H,29H2,1-4H3,(H,31,32,33). The lowest BCUT2D eigenvalue weighted by Crippen LogP contribution is -2.03. The fourth-order valence-corrected chi connectivity index (χ4v) is 4.09. The molecule has 2 heterocycles. The molecule has 0 saturated carbocycles. The Bertz CT molecular complexity index is 1590. The third-order valence-electron chi connectivity index (χ3n) is 5.99. The van der Waals surface area contributed by atoms with E-state index in [9.17, 15) is 4.79 Å². The molecule has 186 valence electrons. The van der Waals surface area contributed by atoms with E-state index in [1.807, 2.05) is 61.9 Å². The number of nitrogen functional groups attached to an aromatic ring is 1. The molecule has 0 saturated heterocycles. The molecule has 0 unspecified atom stereocenters. The average molecular weight is 495 g/mol. The molecular weight excluding hydrogens is 468 g/mol. The van der Waals surface area contributed by atoms with E-state index in [0.29, 0.717) is 40.0 Å². The topological polar surface area (TPSA) is 117 Å². The van der Waals surface area contributed by atoms with Crippen molar-refractivity contribution in [3.05, 3.63) is 83.7 Å². The molecule has 0 radical (unpaired) electrons. The van der Waals surface area contributed by atoms with Crippen molar-refractivity contribution in [2.24, 2.45) is 7.05 Å². The number of aromatic nitrogens is 4. The summed E-state index contributed by atoms with van der Waals surface area (Å²) in [5, 5.41) is 3.21. The van der Waals surface area contributed by atoms with Gasteiger partial charge in [0.2, 0.25) is 5.95 Å². The predicted molar refractivity (Wildman–Crippen MR) is 143 cm³/mol. The Morgan fingerprint density at radius 1 is 0.946 bits per heavy atom. The van der Waals surface area contributed by atoms with E-state index in [1.54, 1.807) is 30.6 Å². The summed E-state index contributed by atoms with van der Waals surface area (Å²) in [5.74, 6) is 1.07. The zero-order valence-electron chi connectivity index (χ0n) is 20.9. The molecule has 0 atom stereocenters. The smallest absolute Gasteiger partial charge is 0.337 e. The van der Waals surface area contributed by atoms with Crippen LogP contribution in [0.5, 0.6) is 11.6 Å². The van der Waals surface area contributed by atoms with Crippen LogP contribution in [0.3, 0.4) is 0 Å². The molecule has 5 aromatic rings. The van der Waals surface area contributed by atoms with Crippen LogP contribution in [0, 0.1) is 13.8 Å². The fourth-order valence-electron chi connectivity index (χ4n) is 4.09. The minimum absolute atomic E-state index is 0.352. The number of methoxy groups -OCH3 is 1. The van der Waals surface area contributed by atoms with Crippen molar-refractivity contribution in [3.8, 4) is 22.8 Å². The van der Waals surface area contributed by atoms with Gasteiger partial charge in [0.1, 0.15) is 5.75 Å². The molecule has 3 N–H and O–H groups in total. The molecule has 0 amide bonds. The number of hydrogen-bond donors (Lipinski definition) is 2. The van der Waals surface area contributed by atoms with Crippen LogP contribution in [0.4, 0.5) is 17.3 Å². The van der Waals surface area contributed by atoms with Gasteiger partial charge in [0.05, 0.1) is 19.0 Å². The van der Waals surface area contributed by atoms with Crippen LogP contribution in [-0.2, 0) is 11.8 Å². The van der Waals surface area contributed by atoms with E-state index in [1.165, 1.54) is 7.11 Å². The summed E-state index contributed by atoms with van der Waals surface area (Å²) in [4.78, 5) is 25.5. The number of fused-ring (bicyclic) bond motifs is 1. The van der Waals surface area contributed by atoms with Crippen molar-refractivity contribution in [2.75, 3.05) is 18.2 Å². The molecule has 3 aromatic carbocycles. The van der Waals surface area contributed by atoms with Gasteiger partial charge < -0.3 is 25.1 Å². The lowest BCUT2D eigenvalue weighted by molar-refractivity contribution is 0.0600. The normalized spacial score (nSPS) is 10.9. The number of carbonyl (C=O) groups excluding carboxylic acids is 1. The Balaban J connectivity index is 1.48. The molecule has 9 nitrogen and oxygen atoms in total. The Morgan fingerprint density at radius 3 is 2.27 bits per heavy atom. The molecule has 0 aliphatic heterocycles. The summed E-state index contributed by atoms with van der Waals surface area (Å²) in [6, 6.07) is 18.7. The quantitative estimate of drug-likeness (QED) is 0.233. The largest absolute Gasteiger partial charge is 0.465 e. The SMILES string of the molecule is COC(=O)c1ccc(-c2cc(C)c(Oc3nc(Nc4ccc(N)cc4)nc4c3ncn4C)c(C)c2)cc1. The summed E-state index contributed by atoms with van der Waals surface area (Å²) in [7, 11) is 3.24. The highest BCUT2D eigenvalue weighted by molar-refractivity contribution is 5.90. The first-order valence-electron chi connectivity index (χ1n) is 11.6. The highest BCUT2D eigenvalue weighted by atomic mass is 16.5. The van der Waals surface area contributed by atoms with Gasteiger partial charge in [0.15, 0.2) is 11.2 Å². The van der Waals surface area contributed by atoms with Gasteiger partial charge in [-0.05, 0) is 84.6 Å². The van der Waals surface area contributed by atoms with Crippen LogP contribution in [0.15, 0.2) is 67.0 Å². The van der Waals surface area contributed by atoms with E-state index in [2.05, 4.69) is 20.3 Å². The number of carbonyl (C=O) groups is 1. The number of hydrogen-bond acceptors (Lipinski definition) is 8. The van der Waals surface area contributed by atoms with Gasteiger partial charge in [0.25, 0.3) is 5.88 Å². The van der Waals surface area contributed by atoms with Gasteiger partial charge in [-0.2, -0.15) is 9.97 Å². The van der Waals surface area contributed by atoms with Crippen LogP contribution in [0.1, 0.15) is 21.5 Å². The van der Waals surface area contributed by atoms with Gasteiger partial charge in [-0.3, -0.25) is 0 Å². The molecule has 0 spiro atoms. The van der Waals surface area contributed by atoms with Crippen molar-refractivity contribution in [1.82, 2.24) is 19.5 Å².